The molecule has 0 aliphatic rings. The van der Waals surface area contributed by atoms with E-state index in [2.05, 4.69) is 6.07 Å². The molecule has 0 bridgehead atoms. The van der Waals surface area contributed by atoms with Gasteiger partial charge in [-0.3, -0.25) is 4.55 Å². The first kappa shape index (κ1) is 12.7. The molecule has 0 spiro atoms. The molecule has 5 heteroatoms. The smallest absolute Gasteiger partial charge is 0.264 e. The molecule has 1 N–H and O–H groups in total. The molecule has 0 amide bonds. The Bertz CT molecular complexity index is 462. The second-order valence-electron chi connectivity index (χ2n) is 3.52. The maximum absolute atomic E-state index is 10.5. The molecular weight excluding hydrogens is 226 g/mol. The van der Waals surface area contributed by atoms with Gasteiger partial charge in [-0.2, -0.15) is 13.7 Å². The largest absolute Gasteiger partial charge is 0.286 e. The maximum Gasteiger partial charge on any atom is 0.264 e. The lowest BCUT2D eigenvalue weighted by atomic mass is 9.96. The Balaban J connectivity index is 2.55. The number of nitrogens with zero attached hydrogens (tertiary/aromatic N) is 1. The summed E-state index contributed by atoms with van der Waals surface area (Å²) in [6.07, 6.45) is 0.715. The van der Waals surface area contributed by atoms with Gasteiger partial charge in [0.2, 0.25) is 0 Å². The number of benzene rings is 1. The van der Waals surface area contributed by atoms with Crippen LogP contribution in [-0.2, 0) is 10.1 Å². The predicted molar refractivity (Wildman–Crippen MR) is 60.4 cm³/mol. The van der Waals surface area contributed by atoms with Crippen LogP contribution in [0.15, 0.2) is 30.3 Å². The summed E-state index contributed by atoms with van der Waals surface area (Å²) in [5.74, 6) is -0.610. The SMILES string of the molecule is N#CC(CCCS(=O)(=O)O)c1ccccc1. The van der Waals surface area contributed by atoms with Crippen LogP contribution in [0.3, 0.4) is 0 Å². The highest BCUT2D eigenvalue weighted by Crippen LogP contribution is 2.20. The fraction of sp³-hybridized carbons (Fsp3) is 0.364. The normalized spacial score (nSPS) is 13.0. The predicted octanol–water partition coefficient (Wildman–Crippen LogP) is 1.96. The minimum atomic E-state index is -3.92. The third-order valence-electron chi connectivity index (χ3n) is 2.25. The quantitative estimate of drug-likeness (QED) is 0.797. The number of nitriles is 1. The Hall–Kier alpha value is -1.38. The van der Waals surface area contributed by atoms with Gasteiger partial charge in [-0.25, -0.2) is 0 Å². The first-order chi connectivity index (χ1) is 7.53. The van der Waals surface area contributed by atoms with Crippen molar-refractivity contribution in [3.05, 3.63) is 35.9 Å². The second-order valence-corrected chi connectivity index (χ2v) is 5.09. The van der Waals surface area contributed by atoms with Gasteiger partial charge in [-0.15, -0.1) is 0 Å². The molecule has 1 rings (SSSR count). The summed E-state index contributed by atoms with van der Waals surface area (Å²) < 4.78 is 29.6. The molecule has 0 heterocycles. The molecule has 0 aliphatic heterocycles. The zero-order valence-electron chi connectivity index (χ0n) is 8.70. The third-order valence-corrected chi connectivity index (χ3v) is 3.06. The molecule has 4 nitrogen and oxygen atoms in total. The molecule has 0 fully saturated rings. The van der Waals surface area contributed by atoms with E-state index in [4.69, 9.17) is 9.81 Å². The van der Waals surface area contributed by atoms with E-state index < -0.39 is 10.1 Å². The summed E-state index contributed by atoms with van der Waals surface area (Å²) in [6, 6.07) is 11.3. The van der Waals surface area contributed by atoms with Crippen LogP contribution >= 0.6 is 0 Å². The Kier molecular flexibility index (Phi) is 4.47. The van der Waals surface area contributed by atoms with Crippen molar-refractivity contribution in [3.8, 4) is 6.07 Å². The van der Waals surface area contributed by atoms with Crippen LogP contribution in [0.25, 0.3) is 0 Å². The van der Waals surface area contributed by atoms with Gasteiger partial charge in [-0.05, 0) is 18.4 Å². The van der Waals surface area contributed by atoms with Crippen molar-refractivity contribution < 1.29 is 13.0 Å². The monoisotopic (exact) mass is 239 g/mol. The van der Waals surface area contributed by atoms with Gasteiger partial charge < -0.3 is 0 Å². The van der Waals surface area contributed by atoms with Crippen LogP contribution in [0, 0.1) is 11.3 Å². The van der Waals surface area contributed by atoms with E-state index in [9.17, 15) is 8.42 Å². The van der Waals surface area contributed by atoms with Crippen molar-refractivity contribution in [2.75, 3.05) is 5.75 Å². The van der Waals surface area contributed by atoms with Crippen LogP contribution in [0.5, 0.6) is 0 Å². The standard InChI is InChI=1S/C11H13NO3S/c12-9-11(7-4-8-16(13,14)15)10-5-2-1-3-6-10/h1-3,5-6,11H,4,7-8H2,(H,13,14,15). The van der Waals surface area contributed by atoms with E-state index in [1.54, 1.807) is 0 Å². The average molecular weight is 239 g/mol. The number of hydrogen-bond donors (Lipinski definition) is 1. The lowest BCUT2D eigenvalue weighted by Gasteiger charge is -2.07. The molecule has 16 heavy (non-hydrogen) atoms. The van der Waals surface area contributed by atoms with Crippen molar-refractivity contribution in [1.29, 1.82) is 5.26 Å². The second kappa shape index (κ2) is 5.64. The highest BCUT2D eigenvalue weighted by molar-refractivity contribution is 7.85. The van der Waals surface area contributed by atoms with Crippen molar-refractivity contribution in [1.82, 2.24) is 0 Å². The van der Waals surface area contributed by atoms with E-state index in [1.807, 2.05) is 30.3 Å². The summed E-state index contributed by atoms with van der Waals surface area (Å²) in [7, 11) is -3.92. The van der Waals surface area contributed by atoms with Gasteiger partial charge in [0, 0.05) is 0 Å². The molecule has 1 aromatic carbocycles. The summed E-state index contributed by atoms with van der Waals surface area (Å²) in [5.41, 5.74) is 0.875. The molecule has 86 valence electrons. The van der Waals surface area contributed by atoms with Gasteiger partial charge in [0.1, 0.15) is 0 Å². The van der Waals surface area contributed by atoms with Gasteiger partial charge in [-0.1, -0.05) is 30.3 Å². The maximum atomic E-state index is 10.5. The first-order valence-electron chi connectivity index (χ1n) is 4.92. The van der Waals surface area contributed by atoms with Gasteiger partial charge in [0.25, 0.3) is 10.1 Å². The van der Waals surface area contributed by atoms with Gasteiger partial charge >= 0.3 is 0 Å². The van der Waals surface area contributed by atoms with Crippen molar-refractivity contribution in [2.24, 2.45) is 0 Å². The average Bonchev–Trinajstić information content (AvgIpc) is 2.24. The van der Waals surface area contributed by atoms with E-state index in [0.29, 0.717) is 6.42 Å². The molecule has 0 aromatic heterocycles. The van der Waals surface area contributed by atoms with Gasteiger partial charge in [0.15, 0.2) is 0 Å². The molecule has 0 saturated carbocycles. The van der Waals surface area contributed by atoms with Crippen LogP contribution in [0.4, 0.5) is 0 Å². The highest BCUT2D eigenvalue weighted by Gasteiger charge is 2.12. The lowest BCUT2D eigenvalue weighted by Crippen LogP contribution is -2.05. The summed E-state index contributed by atoms with van der Waals surface area (Å²) in [5, 5.41) is 8.95. The first-order valence-corrected chi connectivity index (χ1v) is 6.53. The van der Waals surface area contributed by atoms with Crippen LogP contribution in [0.1, 0.15) is 24.3 Å². The molecule has 1 atom stereocenters. The topological polar surface area (TPSA) is 78.2 Å². The van der Waals surface area contributed by atoms with Crippen molar-refractivity contribution in [2.45, 2.75) is 18.8 Å². The molecule has 1 aromatic rings. The van der Waals surface area contributed by atoms with Crippen LogP contribution < -0.4 is 0 Å². The summed E-state index contributed by atoms with van der Waals surface area (Å²) in [6.45, 7) is 0. The summed E-state index contributed by atoms with van der Waals surface area (Å²) in [4.78, 5) is 0. The minimum Gasteiger partial charge on any atom is -0.286 e. The summed E-state index contributed by atoms with van der Waals surface area (Å²) >= 11 is 0. The van der Waals surface area contributed by atoms with E-state index in [1.165, 1.54) is 0 Å². The highest BCUT2D eigenvalue weighted by atomic mass is 32.2. The van der Waals surface area contributed by atoms with E-state index >= 15 is 0 Å². The molecule has 0 radical (unpaired) electrons. The minimum absolute atomic E-state index is 0.284. The van der Waals surface area contributed by atoms with Crippen LogP contribution in [0.2, 0.25) is 0 Å². The van der Waals surface area contributed by atoms with E-state index in [-0.39, 0.29) is 18.1 Å². The van der Waals surface area contributed by atoms with E-state index in [0.717, 1.165) is 5.56 Å². The molecule has 0 aliphatic carbocycles. The Morgan fingerprint density at radius 2 is 1.94 bits per heavy atom. The fourth-order valence-corrected chi connectivity index (χ4v) is 1.99. The zero-order chi connectivity index (χ0) is 12.0. The Morgan fingerprint density at radius 1 is 1.31 bits per heavy atom. The van der Waals surface area contributed by atoms with Crippen molar-refractivity contribution >= 4 is 10.1 Å². The molecular formula is C11H13NO3S. The zero-order valence-corrected chi connectivity index (χ0v) is 9.52. The van der Waals surface area contributed by atoms with Crippen molar-refractivity contribution in [3.63, 3.8) is 0 Å². The lowest BCUT2D eigenvalue weighted by molar-refractivity contribution is 0.479. The number of hydrogen-bond acceptors (Lipinski definition) is 3. The Morgan fingerprint density at radius 3 is 2.44 bits per heavy atom. The third kappa shape index (κ3) is 4.43. The number of rotatable bonds is 5. The van der Waals surface area contributed by atoms with Gasteiger partial charge in [0.05, 0.1) is 17.7 Å². The van der Waals surface area contributed by atoms with Crippen LogP contribution in [-0.4, -0.2) is 18.7 Å². The molecule has 0 saturated heterocycles. The molecule has 1 unspecified atom stereocenters. The Labute approximate surface area is 95.3 Å². The fourth-order valence-electron chi connectivity index (χ4n) is 1.46.